The van der Waals surface area contributed by atoms with Gasteiger partial charge in [0.2, 0.25) is 0 Å². The number of rotatable bonds is 5. The fourth-order valence-electron chi connectivity index (χ4n) is 4.24. The van der Waals surface area contributed by atoms with Crippen molar-refractivity contribution in [2.75, 3.05) is 45.9 Å². The van der Waals surface area contributed by atoms with E-state index < -0.39 is 0 Å². The monoisotopic (exact) mass is 281 g/mol. The zero-order valence-electron chi connectivity index (χ0n) is 12.8. The summed E-state index contributed by atoms with van der Waals surface area (Å²) in [5.41, 5.74) is 6.02. The summed E-state index contributed by atoms with van der Waals surface area (Å²) in [6.45, 7) is 8.14. The molecule has 3 rings (SSSR count). The minimum atomic E-state index is 0.398. The molecular weight excluding hydrogens is 250 g/mol. The second-order valence-corrected chi connectivity index (χ2v) is 6.84. The van der Waals surface area contributed by atoms with Crippen LogP contribution in [-0.4, -0.2) is 67.8 Å². The number of hydrogen-bond acceptors (Lipinski definition) is 4. The summed E-state index contributed by atoms with van der Waals surface area (Å²) in [6.07, 6.45) is 8.33. The van der Waals surface area contributed by atoms with Crippen LogP contribution in [-0.2, 0) is 4.74 Å². The Morgan fingerprint density at radius 1 is 1.00 bits per heavy atom. The van der Waals surface area contributed by atoms with Crippen LogP contribution in [0.3, 0.4) is 0 Å². The lowest BCUT2D eigenvalue weighted by Gasteiger charge is -2.40. The third-order valence-electron chi connectivity index (χ3n) is 5.47. The predicted octanol–water partition coefficient (Wildman–Crippen LogP) is 1.30. The lowest BCUT2D eigenvalue weighted by molar-refractivity contribution is 0.0109. The summed E-state index contributed by atoms with van der Waals surface area (Å²) in [5.74, 6) is 0.910. The van der Waals surface area contributed by atoms with E-state index in [1.54, 1.807) is 0 Å². The van der Waals surface area contributed by atoms with Crippen LogP contribution in [0.1, 0.15) is 38.5 Å². The number of likely N-dealkylation sites (tertiary alicyclic amines) is 2. The Kier molecular flexibility index (Phi) is 5.32. The third kappa shape index (κ3) is 3.53. The molecule has 3 aliphatic rings. The molecule has 2 N–H and O–H groups in total. The van der Waals surface area contributed by atoms with E-state index in [2.05, 4.69) is 9.80 Å². The fourth-order valence-corrected chi connectivity index (χ4v) is 4.24. The summed E-state index contributed by atoms with van der Waals surface area (Å²) in [5, 5.41) is 0. The van der Waals surface area contributed by atoms with Gasteiger partial charge in [-0.15, -0.1) is 0 Å². The quantitative estimate of drug-likeness (QED) is 0.825. The maximum absolute atomic E-state index is 6.02. The van der Waals surface area contributed by atoms with Crippen LogP contribution in [0, 0.1) is 5.92 Å². The van der Waals surface area contributed by atoms with Gasteiger partial charge in [0.1, 0.15) is 0 Å². The summed E-state index contributed by atoms with van der Waals surface area (Å²) in [7, 11) is 0. The summed E-state index contributed by atoms with van der Waals surface area (Å²) in [4.78, 5) is 5.28. The van der Waals surface area contributed by atoms with Crippen molar-refractivity contribution in [1.82, 2.24) is 9.80 Å². The molecule has 0 aromatic rings. The number of ether oxygens (including phenoxy) is 1. The Bertz CT molecular complexity index is 279. The van der Waals surface area contributed by atoms with Crippen molar-refractivity contribution >= 4 is 0 Å². The molecule has 0 bridgehead atoms. The Morgan fingerprint density at radius 3 is 2.35 bits per heavy atom. The van der Waals surface area contributed by atoms with Gasteiger partial charge < -0.3 is 15.4 Å². The summed E-state index contributed by atoms with van der Waals surface area (Å²) in [6, 6.07) is 0.463. The number of nitrogens with zero attached hydrogens (tertiary/aromatic N) is 2. The standard InChI is InChI=1S/C16H31N3O/c17-12-15(16-4-3-11-20-16)19-9-5-14(6-10-19)13-18-7-1-2-8-18/h14-16H,1-13,17H2. The topological polar surface area (TPSA) is 41.7 Å². The highest BCUT2D eigenvalue weighted by Crippen LogP contribution is 2.25. The molecule has 3 fully saturated rings. The van der Waals surface area contributed by atoms with Gasteiger partial charge in [-0.25, -0.2) is 0 Å². The van der Waals surface area contributed by atoms with Gasteiger partial charge in [-0.2, -0.15) is 0 Å². The molecule has 4 heteroatoms. The van der Waals surface area contributed by atoms with Crippen molar-refractivity contribution < 1.29 is 4.74 Å². The van der Waals surface area contributed by atoms with Gasteiger partial charge in [-0.3, -0.25) is 4.90 Å². The molecule has 2 atom stereocenters. The van der Waals surface area contributed by atoms with Crippen LogP contribution < -0.4 is 5.73 Å². The van der Waals surface area contributed by atoms with Crippen molar-refractivity contribution in [1.29, 1.82) is 0 Å². The van der Waals surface area contributed by atoms with Crippen LogP contribution in [0.2, 0.25) is 0 Å². The molecule has 0 aliphatic carbocycles. The van der Waals surface area contributed by atoms with Gasteiger partial charge in [-0.1, -0.05) is 0 Å². The molecule has 0 amide bonds. The highest BCUT2D eigenvalue weighted by Gasteiger charge is 2.32. The smallest absolute Gasteiger partial charge is 0.0743 e. The van der Waals surface area contributed by atoms with Crippen LogP contribution >= 0.6 is 0 Å². The van der Waals surface area contributed by atoms with E-state index in [1.165, 1.54) is 71.2 Å². The minimum Gasteiger partial charge on any atom is -0.377 e. The maximum Gasteiger partial charge on any atom is 0.0743 e. The Labute approximate surface area is 123 Å². The van der Waals surface area contributed by atoms with E-state index >= 15 is 0 Å². The van der Waals surface area contributed by atoms with Crippen molar-refractivity contribution in [3.8, 4) is 0 Å². The average molecular weight is 281 g/mol. The molecule has 0 spiro atoms. The minimum absolute atomic E-state index is 0.398. The second-order valence-electron chi connectivity index (χ2n) is 6.84. The number of piperidine rings is 1. The molecule has 0 radical (unpaired) electrons. The van der Waals surface area contributed by atoms with E-state index in [0.29, 0.717) is 12.1 Å². The fraction of sp³-hybridized carbons (Fsp3) is 1.00. The van der Waals surface area contributed by atoms with E-state index in [1.807, 2.05) is 0 Å². The molecule has 20 heavy (non-hydrogen) atoms. The van der Waals surface area contributed by atoms with E-state index in [9.17, 15) is 0 Å². The zero-order chi connectivity index (χ0) is 13.8. The zero-order valence-corrected chi connectivity index (χ0v) is 12.8. The Hall–Kier alpha value is -0.160. The number of hydrogen-bond donors (Lipinski definition) is 1. The summed E-state index contributed by atoms with van der Waals surface area (Å²) < 4.78 is 5.86. The lowest BCUT2D eigenvalue weighted by atomic mass is 9.94. The molecule has 3 saturated heterocycles. The molecule has 116 valence electrons. The van der Waals surface area contributed by atoms with Gasteiger partial charge in [0.25, 0.3) is 0 Å². The molecule has 3 aliphatic heterocycles. The van der Waals surface area contributed by atoms with Crippen LogP contribution in [0.25, 0.3) is 0 Å². The SMILES string of the molecule is NCC(C1CCCO1)N1CCC(CN2CCCC2)CC1. The molecule has 4 nitrogen and oxygen atoms in total. The maximum atomic E-state index is 6.02. The van der Waals surface area contributed by atoms with Gasteiger partial charge in [-0.05, 0) is 70.6 Å². The van der Waals surface area contributed by atoms with Crippen LogP contribution in [0.15, 0.2) is 0 Å². The first-order chi connectivity index (χ1) is 9.86. The van der Waals surface area contributed by atoms with E-state index in [0.717, 1.165) is 19.1 Å². The van der Waals surface area contributed by atoms with E-state index in [4.69, 9.17) is 10.5 Å². The molecule has 0 aromatic heterocycles. The average Bonchev–Trinajstić information content (AvgIpc) is 3.15. The first-order valence-electron chi connectivity index (χ1n) is 8.65. The van der Waals surface area contributed by atoms with Crippen LogP contribution in [0.4, 0.5) is 0 Å². The van der Waals surface area contributed by atoms with Gasteiger partial charge >= 0.3 is 0 Å². The predicted molar refractivity (Wildman–Crippen MR) is 81.8 cm³/mol. The molecule has 0 saturated carbocycles. The van der Waals surface area contributed by atoms with Gasteiger partial charge in [0.05, 0.1) is 6.10 Å². The largest absolute Gasteiger partial charge is 0.377 e. The van der Waals surface area contributed by atoms with Crippen molar-refractivity contribution in [3.05, 3.63) is 0 Å². The van der Waals surface area contributed by atoms with Gasteiger partial charge in [0, 0.05) is 25.7 Å². The van der Waals surface area contributed by atoms with Crippen molar-refractivity contribution in [2.24, 2.45) is 11.7 Å². The summed E-state index contributed by atoms with van der Waals surface area (Å²) >= 11 is 0. The highest BCUT2D eigenvalue weighted by molar-refractivity contribution is 4.87. The lowest BCUT2D eigenvalue weighted by Crippen LogP contribution is -2.51. The molecule has 0 aromatic carbocycles. The third-order valence-corrected chi connectivity index (χ3v) is 5.47. The van der Waals surface area contributed by atoms with Crippen LogP contribution in [0.5, 0.6) is 0 Å². The van der Waals surface area contributed by atoms with Crippen molar-refractivity contribution in [2.45, 2.75) is 50.7 Å². The Morgan fingerprint density at radius 2 is 1.75 bits per heavy atom. The first kappa shape index (κ1) is 14.8. The molecule has 2 unspecified atom stereocenters. The van der Waals surface area contributed by atoms with Crippen molar-refractivity contribution in [3.63, 3.8) is 0 Å². The second kappa shape index (κ2) is 7.21. The van der Waals surface area contributed by atoms with E-state index in [-0.39, 0.29) is 0 Å². The highest BCUT2D eigenvalue weighted by atomic mass is 16.5. The molecular formula is C16H31N3O. The Balaban J connectivity index is 1.44. The molecule has 3 heterocycles. The number of nitrogens with two attached hydrogens (primary N) is 1. The normalized spacial score (nSPS) is 31.9. The van der Waals surface area contributed by atoms with Gasteiger partial charge in [0.15, 0.2) is 0 Å². The first-order valence-corrected chi connectivity index (χ1v) is 8.65.